The minimum absolute atomic E-state index is 0.185. The Morgan fingerprint density at radius 2 is 1.68 bits per heavy atom. The third-order valence-electron chi connectivity index (χ3n) is 2.92. The molecule has 0 nitrogen and oxygen atoms in total. The van der Waals surface area contributed by atoms with Gasteiger partial charge in [0, 0.05) is 11.6 Å². The second kappa shape index (κ2) is 5.35. The van der Waals surface area contributed by atoms with Crippen molar-refractivity contribution in [1.29, 1.82) is 0 Å². The van der Waals surface area contributed by atoms with E-state index in [0.717, 1.165) is 5.56 Å². The second-order valence-corrected chi connectivity index (χ2v) is 4.21. The van der Waals surface area contributed by atoms with E-state index in [4.69, 9.17) is 0 Å². The van der Waals surface area contributed by atoms with E-state index in [1.807, 2.05) is 0 Å². The molecule has 0 amide bonds. The number of benzene rings is 2. The summed E-state index contributed by atoms with van der Waals surface area (Å²) in [6.07, 6.45) is 1.67. The van der Waals surface area contributed by atoms with Crippen molar-refractivity contribution in [3.63, 3.8) is 0 Å². The van der Waals surface area contributed by atoms with Gasteiger partial charge in [-0.2, -0.15) is 0 Å². The molecule has 0 saturated carbocycles. The van der Waals surface area contributed by atoms with Gasteiger partial charge in [0.25, 0.3) is 0 Å². The van der Waals surface area contributed by atoms with Gasteiger partial charge in [-0.25, -0.2) is 25.9 Å². The molecule has 0 aromatic heterocycles. The number of hydrogen-bond donors (Lipinski definition) is 0. The maximum atomic E-state index is 13.8. The van der Waals surface area contributed by atoms with Crippen LogP contribution in [0.1, 0.15) is 11.1 Å². The van der Waals surface area contributed by atoms with E-state index in [1.54, 1.807) is 30.3 Å². The number of halogens is 3. The van der Waals surface area contributed by atoms with Crippen LogP contribution in [-0.2, 0) is 0 Å². The molecule has 2 radical (unpaired) electrons. The highest BCUT2D eigenvalue weighted by atomic mass is 19.1. The van der Waals surface area contributed by atoms with Crippen molar-refractivity contribution in [1.82, 2.24) is 0 Å². The van der Waals surface area contributed by atoms with Gasteiger partial charge in [-0.05, 0) is 12.5 Å². The zero-order chi connectivity index (χ0) is 14.0. The molecule has 19 heavy (non-hydrogen) atoms. The van der Waals surface area contributed by atoms with Crippen molar-refractivity contribution in [2.45, 2.75) is 6.92 Å². The highest BCUT2D eigenvalue weighted by molar-refractivity contribution is 6.67. The largest absolute Gasteiger partial charge is 0.275 e. The van der Waals surface area contributed by atoms with Gasteiger partial charge < -0.3 is 0 Å². The molecule has 0 heterocycles. The first-order valence-electron chi connectivity index (χ1n) is 5.74. The van der Waals surface area contributed by atoms with Crippen molar-refractivity contribution in [2.24, 2.45) is 0 Å². The number of rotatable bonds is 3. The van der Waals surface area contributed by atoms with Gasteiger partial charge in [-0.1, -0.05) is 24.8 Å². The Bertz CT molecular complexity index is 618. The fourth-order valence-corrected chi connectivity index (χ4v) is 1.74. The zero-order valence-electron chi connectivity index (χ0n) is 10.4. The summed E-state index contributed by atoms with van der Waals surface area (Å²) < 4.78 is 40.6. The lowest BCUT2D eigenvalue weighted by atomic mass is 9.63. The van der Waals surface area contributed by atoms with Crippen LogP contribution >= 0.6 is 0 Å². The smallest absolute Gasteiger partial charge is 0.131 e. The lowest BCUT2D eigenvalue weighted by Crippen LogP contribution is -2.33. The molecule has 4 heteroatoms. The van der Waals surface area contributed by atoms with E-state index in [-0.39, 0.29) is 11.0 Å². The first kappa shape index (κ1) is 13.5. The lowest BCUT2D eigenvalue weighted by Gasteiger charge is -2.21. The number of hydrogen-bond acceptors (Lipinski definition) is 0. The van der Waals surface area contributed by atoms with Gasteiger partial charge in [-0.15, -0.1) is 12.1 Å². The molecule has 0 aliphatic rings. The first-order valence-corrected chi connectivity index (χ1v) is 5.74. The molecular weight excluding hydrogens is 248 g/mol. The van der Waals surface area contributed by atoms with Crippen molar-refractivity contribution in [3.05, 3.63) is 65.5 Å². The molecule has 0 N–H and O–H groups in total. The standard InChI is InChI=1S/C15H11BF3/c1-3-10-4-6-11(7-5-10)16-14-13(18)8-12(17)9(2)15(14)19/h3-8H,1H2,2H3/q-1. The van der Waals surface area contributed by atoms with E-state index in [0.29, 0.717) is 11.5 Å². The zero-order valence-corrected chi connectivity index (χ0v) is 10.4. The Hall–Kier alpha value is -1.97. The normalized spacial score (nSPS) is 10.5. The average molecular weight is 259 g/mol. The fraction of sp³-hybridized carbons (Fsp3) is 0.0667. The van der Waals surface area contributed by atoms with Crippen LogP contribution in [0.5, 0.6) is 0 Å². The van der Waals surface area contributed by atoms with Gasteiger partial charge >= 0.3 is 0 Å². The van der Waals surface area contributed by atoms with Crippen LogP contribution in [0.2, 0.25) is 0 Å². The van der Waals surface area contributed by atoms with Gasteiger partial charge in [0.1, 0.15) is 5.82 Å². The summed E-state index contributed by atoms with van der Waals surface area (Å²) >= 11 is 0. The average Bonchev–Trinajstić information content (AvgIpc) is 2.42. The molecular formula is C15H11BF3-. The minimum Gasteiger partial charge on any atom is -0.275 e. The summed E-state index contributed by atoms with van der Waals surface area (Å²) in [5.41, 5.74) is 1.13. The van der Waals surface area contributed by atoms with E-state index < -0.39 is 17.5 Å². The van der Waals surface area contributed by atoms with Crippen LogP contribution in [0, 0.1) is 24.4 Å². The predicted octanol–water partition coefficient (Wildman–Crippen LogP) is 2.71. The lowest BCUT2D eigenvalue weighted by molar-refractivity contribution is 0.542. The monoisotopic (exact) mass is 259 g/mol. The van der Waals surface area contributed by atoms with Crippen LogP contribution < -0.4 is 10.9 Å². The molecule has 2 aromatic carbocycles. The van der Waals surface area contributed by atoms with E-state index >= 15 is 0 Å². The summed E-state index contributed by atoms with van der Waals surface area (Å²) in [6.45, 7) is 4.90. The van der Waals surface area contributed by atoms with Gasteiger partial charge in [0.2, 0.25) is 0 Å². The van der Waals surface area contributed by atoms with Gasteiger partial charge in [0.05, 0.1) is 11.6 Å². The first-order chi connectivity index (χ1) is 9.02. The van der Waals surface area contributed by atoms with Gasteiger partial charge in [-0.3, -0.25) is 5.46 Å². The maximum absolute atomic E-state index is 13.8. The Labute approximate surface area is 110 Å². The Morgan fingerprint density at radius 3 is 2.26 bits per heavy atom. The van der Waals surface area contributed by atoms with Crippen molar-refractivity contribution >= 4 is 24.3 Å². The van der Waals surface area contributed by atoms with Crippen molar-refractivity contribution in [3.8, 4) is 0 Å². The highest BCUT2D eigenvalue weighted by Crippen LogP contribution is 2.11. The molecule has 0 aliphatic carbocycles. The van der Waals surface area contributed by atoms with Gasteiger partial charge in [0.15, 0.2) is 0 Å². The second-order valence-electron chi connectivity index (χ2n) is 4.21. The SMILES string of the molecule is C=Cc1ccc([B-]c2c(F)cc(F)c(C)c2F)cc1. The summed E-state index contributed by atoms with van der Waals surface area (Å²) in [7, 11) is 1.35. The fourth-order valence-electron chi connectivity index (χ4n) is 1.74. The third kappa shape index (κ3) is 2.73. The molecule has 96 valence electrons. The summed E-state index contributed by atoms with van der Waals surface area (Å²) in [5, 5.41) is 0. The summed E-state index contributed by atoms with van der Waals surface area (Å²) in [5.74, 6) is -2.66. The third-order valence-corrected chi connectivity index (χ3v) is 2.92. The van der Waals surface area contributed by atoms with Crippen molar-refractivity contribution < 1.29 is 13.2 Å². The molecule has 2 rings (SSSR count). The summed E-state index contributed by atoms with van der Waals surface area (Å²) in [4.78, 5) is 0. The molecule has 0 fully saturated rings. The van der Waals surface area contributed by atoms with Crippen LogP contribution in [0.3, 0.4) is 0 Å². The molecule has 0 spiro atoms. The topological polar surface area (TPSA) is 0 Å². The van der Waals surface area contributed by atoms with Crippen LogP contribution in [-0.4, -0.2) is 7.28 Å². The molecule has 0 atom stereocenters. The van der Waals surface area contributed by atoms with Crippen LogP contribution in [0.15, 0.2) is 36.9 Å². The van der Waals surface area contributed by atoms with Crippen LogP contribution in [0.25, 0.3) is 6.08 Å². The summed E-state index contributed by atoms with van der Waals surface area (Å²) in [6, 6.07) is 7.70. The van der Waals surface area contributed by atoms with Crippen molar-refractivity contribution in [2.75, 3.05) is 0 Å². The molecule has 0 bridgehead atoms. The Kier molecular flexibility index (Phi) is 3.79. The van der Waals surface area contributed by atoms with E-state index in [2.05, 4.69) is 6.58 Å². The molecule has 0 unspecified atom stereocenters. The van der Waals surface area contributed by atoms with E-state index in [9.17, 15) is 13.2 Å². The minimum atomic E-state index is -0.909. The maximum Gasteiger partial charge on any atom is 0.131 e. The molecule has 0 saturated heterocycles. The Balaban J connectivity index is 2.37. The van der Waals surface area contributed by atoms with E-state index in [1.165, 1.54) is 14.2 Å². The quantitative estimate of drug-likeness (QED) is 0.743. The highest BCUT2D eigenvalue weighted by Gasteiger charge is 2.08. The van der Waals surface area contributed by atoms with Crippen LogP contribution in [0.4, 0.5) is 13.2 Å². The Morgan fingerprint density at radius 1 is 1.05 bits per heavy atom. The predicted molar refractivity (Wildman–Crippen MR) is 72.6 cm³/mol. The molecule has 0 aliphatic heterocycles. The molecule has 2 aromatic rings.